The summed E-state index contributed by atoms with van der Waals surface area (Å²) >= 11 is 0. The van der Waals surface area contributed by atoms with Gasteiger partial charge >= 0.3 is 5.97 Å². The van der Waals surface area contributed by atoms with E-state index in [1.54, 1.807) is 0 Å². The lowest BCUT2D eigenvalue weighted by Gasteiger charge is -2.20. The van der Waals surface area contributed by atoms with Crippen LogP contribution in [-0.2, 0) is 9.53 Å². The Morgan fingerprint density at radius 1 is 0.656 bits per heavy atom. The summed E-state index contributed by atoms with van der Waals surface area (Å²) in [5, 5.41) is 0. The number of nitrogens with zero attached hydrogens (tertiary/aromatic N) is 2. The largest absolute Gasteiger partial charge is 0.464 e. The van der Waals surface area contributed by atoms with Crippen molar-refractivity contribution >= 4 is 18.4 Å². The highest BCUT2D eigenvalue weighted by molar-refractivity contribution is 5.85. The van der Waals surface area contributed by atoms with Crippen LogP contribution in [0.2, 0.25) is 0 Å². The van der Waals surface area contributed by atoms with Gasteiger partial charge in [0.1, 0.15) is 6.54 Å². The van der Waals surface area contributed by atoms with Crippen LogP contribution in [0.1, 0.15) is 129 Å². The molecule has 0 aromatic carbocycles. The lowest BCUT2D eigenvalue weighted by atomic mass is 10.0. The molecule has 1 aliphatic heterocycles. The molecule has 5 heteroatoms. The average Bonchev–Trinajstić information content (AvgIpc) is 3.21. The third kappa shape index (κ3) is 18.7. The topological polar surface area (TPSA) is 32.8 Å². The minimum atomic E-state index is -0.0945. The van der Waals surface area contributed by atoms with Gasteiger partial charge in [-0.1, -0.05) is 117 Å². The predicted molar refractivity (Wildman–Crippen MR) is 140 cm³/mol. The number of hydrogen-bond acceptors (Lipinski definition) is 4. The molecule has 0 spiro atoms. The zero-order valence-corrected chi connectivity index (χ0v) is 22.1. The number of unbranched alkanes of at least 4 members (excludes halogenated alkanes) is 16. The second-order valence-corrected chi connectivity index (χ2v) is 9.38. The molecule has 4 nitrogen and oxygen atoms in total. The van der Waals surface area contributed by atoms with Gasteiger partial charge in [-0.2, -0.15) is 0 Å². The van der Waals surface area contributed by atoms with Gasteiger partial charge in [0.25, 0.3) is 0 Å². The normalized spacial score (nSPS) is 12.9. The van der Waals surface area contributed by atoms with Gasteiger partial charge < -0.3 is 14.5 Å². The first-order valence-electron chi connectivity index (χ1n) is 13.6. The van der Waals surface area contributed by atoms with E-state index in [9.17, 15) is 4.79 Å². The second-order valence-electron chi connectivity index (χ2n) is 9.38. The number of halogens is 1. The first kappa shape index (κ1) is 31.1. The minimum absolute atomic E-state index is 0. The standard InChI is InChI=1S/C27H52N2O2.ClH/c1-3-5-7-8-9-10-11-12-13-14-15-16-17-18-19-20-24-31-27(30)25-29-23-22-28(26-29)21-6-4-2;/h22-23H,3-21,24-26H2,1-2H3;1H. The molecule has 0 aromatic heterocycles. The van der Waals surface area contributed by atoms with Gasteiger partial charge in [0.2, 0.25) is 0 Å². The van der Waals surface area contributed by atoms with Crippen LogP contribution in [0.15, 0.2) is 12.4 Å². The maximum Gasteiger partial charge on any atom is 0.325 e. The van der Waals surface area contributed by atoms with Gasteiger partial charge in [-0.3, -0.25) is 4.79 Å². The molecular weight excluding hydrogens is 420 g/mol. The van der Waals surface area contributed by atoms with Crippen molar-refractivity contribution in [1.29, 1.82) is 0 Å². The summed E-state index contributed by atoms with van der Waals surface area (Å²) in [5.74, 6) is -0.0945. The Morgan fingerprint density at radius 3 is 1.59 bits per heavy atom. The molecule has 0 atom stereocenters. The minimum Gasteiger partial charge on any atom is -0.464 e. The van der Waals surface area contributed by atoms with E-state index in [1.807, 2.05) is 11.1 Å². The molecule has 0 N–H and O–H groups in total. The summed E-state index contributed by atoms with van der Waals surface area (Å²) in [5.41, 5.74) is 0. The first-order valence-corrected chi connectivity index (χ1v) is 13.6. The second kappa shape index (κ2) is 23.3. The van der Waals surface area contributed by atoms with Gasteiger partial charge in [0.05, 0.1) is 13.3 Å². The maximum atomic E-state index is 12.0. The Labute approximate surface area is 205 Å². The van der Waals surface area contributed by atoms with Crippen LogP contribution in [0.4, 0.5) is 0 Å². The zero-order valence-electron chi connectivity index (χ0n) is 21.3. The van der Waals surface area contributed by atoms with Crippen molar-refractivity contribution in [3.63, 3.8) is 0 Å². The molecule has 190 valence electrons. The molecule has 0 bridgehead atoms. The summed E-state index contributed by atoms with van der Waals surface area (Å²) in [6.45, 7) is 7.32. The molecular formula is C27H53ClN2O2. The van der Waals surface area contributed by atoms with Crippen LogP contribution in [0.3, 0.4) is 0 Å². The van der Waals surface area contributed by atoms with Gasteiger partial charge in [0.15, 0.2) is 0 Å². The molecule has 32 heavy (non-hydrogen) atoms. The maximum absolute atomic E-state index is 12.0. The van der Waals surface area contributed by atoms with Gasteiger partial charge in [-0.25, -0.2) is 0 Å². The third-order valence-electron chi connectivity index (χ3n) is 6.24. The van der Waals surface area contributed by atoms with E-state index in [-0.39, 0.29) is 18.4 Å². The molecule has 0 aliphatic carbocycles. The fourth-order valence-corrected chi connectivity index (χ4v) is 4.17. The number of carbonyl (C=O) groups excluding carboxylic acids is 1. The third-order valence-corrected chi connectivity index (χ3v) is 6.24. The van der Waals surface area contributed by atoms with Crippen molar-refractivity contribution < 1.29 is 9.53 Å². The van der Waals surface area contributed by atoms with Crippen LogP contribution in [0.5, 0.6) is 0 Å². The lowest BCUT2D eigenvalue weighted by Crippen LogP contribution is -2.31. The average molecular weight is 473 g/mol. The number of ether oxygens (including phenoxy) is 1. The summed E-state index contributed by atoms with van der Waals surface area (Å²) in [6, 6.07) is 0. The van der Waals surface area contributed by atoms with Crippen LogP contribution < -0.4 is 0 Å². The molecule has 0 fully saturated rings. The number of rotatable bonds is 22. The predicted octanol–water partition coefficient (Wildman–Crippen LogP) is 8.06. The van der Waals surface area contributed by atoms with E-state index < -0.39 is 0 Å². The number of esters is 1. The Morgan fingerprint density at radius 2 is 1.09 bits per heavy atom. The van der Waals surface area contributed by atoms with Crippen LogP contribution in [-0.4, -0.2) is 42.1 Å². The number of hydrogen-bond donors (Lipinski definition) is 0. The monoisotopic (exact) mass is 472 g/mol. The zero-order chi connectivity index (χ0) is 22.4. The van der Waals surface area contributed by atoms with Gasteiger partial charge in [0, 0.05) is 18.9 Å². The first-order chi connectivity index (χ1) is 15.3. The van der Waals surface area contributed by atoms with E-state index in [0.717, 1.165) is 19.6 Å². The molecule has 0 unspecified atom stereocenters. The van der Waals surface area contributed by atoms with Crippen molar-refractivity contribution in [2.45, 2.75) is 129 Å². The Hall–Kier alpha value is -0.900. The fourth-order valence-electron chi connectivity index (χ4n) is 4.17. The summed E-state index contributed by atoms with van der Waals surface area (Å²) in [4.78, 5) is 16.3. The van der Waals surface area contributed by atoms with Crippen LogP contribution in [0.25, 0.3) is 0 Å². The Bertz CT molecular complexity index is 445. The summed E-state index contributed by atoms with van der Waals surface area (Å²) in [7, 11) is 0. The van der Waals surface area contributed by atoms with E-state index in [4.69, 9.17) is 4.74 Å². The fraction of sp³-hybridized carbons (Fsp3) is 0.889. The summed E-state index contributed by atoms with van der Waals surface area (Å²) in [6.07, 6.45) is 28.3. The number of carbonyl (C=O) groups is 1. The quantitative estimate of drug-likeness (QED) is 0.118. The SMILES string of the molecule is CCCCCCCCCCCCCCCCCCOC(=O)CN1C=CN(CCCC)C1.Cl. The van der Waals surface area contributed by atoms with E-state index >= 15 is 0 Å². The Kier molecular flexibility index (Phi) is 22.6. The van der Waals surface area contributed by atoms with Crippen LogP contribution >= 0.6 is 12.4 Å². The molecule has 0 saturated heterocycles. The van der Waals surface area contributed by atoms with Crippen molar-refractivity contribution in [3.05, 3.63) is 12.4 Å². The lowest BCUT2D eigenvalue weighted by molar-refractivity contribution is -0.144. The Balaban J connectivity index is 0.00000961. The van der Waals surface area contributed by atoms with Crippen molar-refractivity contribution in [2.24, 2.45) is 0 Å². The van der Waals surface area contributed by atoms with Crippen LogP contribution in [0, 0.1) is 0 Å². The molecule has 1 heterocycles. The van der Waals surface area contributed by atoms with Gasteiger partial charge in [-0.15, -0.1) is 12.4 Å². The molecule has 0 radical (unpaired) electrons. The van der Waals surface area contributed by atoms with E-state index in [1.165, 1.54) is 109 Å². The molecule has 1 aliphatic rings. The van der Waals surface area contributed by atoms with Gasteiger partial charge in [-0.05, 0) is 12.8 Å². The van der Waals surface area contributed by atoms with Crippen molar-refractivity contribution in [3.8, 4) is 0 Å². The smallest absolute Gasteiger partial charge is 0.325 e. The molecule has 0 amide bonds. The highest BCUT2D eigenvalue weighted by Gasteiger charge is 2.15. The molecule has 1 rings (SSSR count). The van der Waals surface area contributed by atoms with Crippen molar-refractivity contribution in [1.82, 2.24) is 9.80 Å². The summed E-state index contributed by atoms with van der Waals surface area (Å²) < 4.78 is 5.41. The molecule has 0 aromatic rings. The van der Waals surface area contributed by atoms with E-state index in [2.05, 4.69) is 24.9 Å². The molecule has 0 saturated carbocycles. The highest BCUT2D eigenvalue weighted by atomic mass is 35.5. The highest BCUT2D eigenvalue weighted by Crippen LogP contribution is 2.14. The van der Waals surface area contributed by atoms with Crippen molar-refractivity contribution in [2.75, 3.05) is 26.4 Å². The van der Waals surface area contributed by atoms with E-state index in [0.29, 0.717) is 13.2 Å².